The summed E-state index contributed by atoms with van der Waals surface area (Å²) in [5.74, 6) is 1.39. The molecule has 158 valence electrons. The van der Waals surface area contributed by atoms with E-state index in [0.29, 0.717) is 31.0 Å². The topological polar surface area (TPSA) is 50.8 Å². The average Bonchev–Trinajstić information content (AvgIpc) is 3.26. The van der Waals surface area contributed by atoms with Crippen molar-refractivity contribution in [1.82, 2.24) is 4.90 Å². The minimum Gasteiger partial charge on any atom is -0.493 e. The zero-order valence-electron chi connectivity index (χ0n) is 17.9. The Morgan fingerprint density at radius 2 is 1.73 bits per heavy atom. The van der Waals surface area contributed by atoms with Gasteiger partial charge in [0.1, 0.15) is 0 Å². The van der Waals surface area contributed by atoms with Gasteiger partial charge >= 0.3 is 6.03 Å². The number of amides is 2. The molecule has 30 heavy (non-hydrogen) atoms. The van der Waals surface area contributed by atoms with Gasteiger partial charge in [-0.15, -0.1) is 11.3 Å². The highest BCUT2D eigenvalue weighted by Crippen LogP contribution is 2.28. The summed E-state index contributed by atoms with van der Waals surface area (Å²) in [7, 11) is 3.25. The summed E-state index contributed by atoms with van der Waals surface area (Å²) in [4.78, 5) is 16.2. The van der Waals surface area contributed by atoms with Crippen LogP contribution >= 0.6 is 11.3 Å². The quantitative estimate of drug-likeness (QED) is 0.508. The van der Waals surface area contributed by atoms with Crippen LogP contribution in [0.2, 0.25) is 0 Å². The second-order valence-corrected chi connectivity index (χ2v) is 8.17. The lowest BCUT2D eigenvalue weighted by atomic mass is 10.1. The second kappa shape index (κ2) is 10.2. The Bertz CT molecular complexity index is 966. The number of carbonyl (C=O) groups excluding carboxylic acids is 1. The number of thiophene rings is 1. The van der Waals surface area contributed by atoms with E-state index in [2.05, 4.69) is 11.4 Å². The van der Waals surface area contributed by atoms with Gasteiger partial charge in [-0.05, 0) is 60.5 Å². The smallest absolute Gasteiger partial charge is 0.322 e. The molecule has 0 aliphatic rings. The van der Waals surface area contributed by atoms with Gasteiger partial charge in [0.25, 0.3) is 0 Å². The molecule has 0 aliphatic carbocycles. The lowest BCUT2D eigenvalue weighted by Crippen LogP contribution is -2.36. The van der Waals surface area contributed by atoms with E-state index in [9.17, 15) is 4.79 Å². The summed E-state index contributed by atoms with van der Waals surface area (Å²) < 4.78 is 10.7. The van der Waals surface area contributed by atoms with E-state index < -0.39 is 0 Å². The monoisotopic (exact) mass is 424 g/mol. The molecule has 0 saturated heterocycles. The molecule has 3 rings (SSSR count). The van der Waals surface area contributed by atoms with Crippen LogP contribution in [0.3, 0.4) is 0 Å². The van der Waals surface area contributed by atoms with Crippen LogP contribution in [-0.2, 0) is 13.0 Å². The Kier molecular flexibility index (Phi) is 7.36. The van der Waals surface area contributed by atoms with Crippen LogP contribution in [0.5, 0.6) is 11.5 Å². The van der Waals surface area contributed by atoms with E-state index in [-0.39, 0.29) is 6.03 Å². The molecule has 0 bridgehead atoms. The zero-order valence-corrected chi connectivity index (χ0v) is 18.7. The van der Waals surface area contributed by atoms with E-state index >= 15 is 0 Å². The third-order valence-electron chi connectivity index (χ3n) is 5.05. The molecule has 0 atom stereocenters. The molecule has 0 saturated carbocycles. The highest BCUT2D eigenvalue weighted by molar-refractivity contribution is 7.09. The fourth-order valence-electron chi connectivity index (χ4n) is 3.34. The maximum atomic E-state index is 13.2. The number of carbonyl (C=O) groups is 1. The van der Waals surface area contributed by atoms with E-state index in [1.807, 2.05) is 66.6 Å². The standard InChI is InChI=1S/C24H28N2O3S/c1-17-7-5-8-18(2)23(17)25-24(27)26(16-20-9-6-14-30-20)13-12-19-10-11-21(28-3)22(15-19)29-4/h5-11,14-15H,12-13,16H2,1-4H3,(H,25,27). The van der Waals surface area contributed by atoms with Gasteiger partial charge < -0.3 is 19.7 Å². The molecule has 0 unspecified atom stereocenters. The SMILES string of the molecule is COc1ccc(CCN(Cc2cccs2)C(=O)Nc2c(C)cccc2C)cc1OC. The second-order valence-electron chi connectivity index (χ2n) is 7.14. The van der Waals surface area contributed by atoms with Gasteiger partial charge in [-0.25, -0.2) is 4.79 Å². The van der Waals surface area contributed by atoms with E-state index in [0.717, 1.165) is 27.3 Å². The number of nitrogens with one attached hydrogen (secondary N) is 1. The summed E-state index contributed by atoms with van der Waals surface area (Å²) in [5.41, 5.74) is 4.08. The largest absolute Gasteiger partial charge is 0.493 e. The Hall–Kier alpha value is -2.99. The zero-order chi connectivity index (χ0) is 21.5. The fraction of sp³-hybridized carbons (Fsp3) is 0.292. The third-order valence-corrected chi connectivity index (χ3v) is 5.91. The van der Waals surface area contributed by atoms with E-state index in [1.165, 1.54) is 0 Å². The number of aryl methyl sites for hydroxylation is 2. The molecular weight excluding hydrogens is 396 g/mol. The minimum absolute atomic E-state index is 0.0960. The van der Waals surface area contributed by atoms with Crippen LogP contribution in [0.4, 0.5) is 10.5 Å². The first-order chi connectivity index (χ1) is 14.5. The number of ether oxygens (including phenoxy) is 2. The lowest BCUT2D eigenvalue weighted by Gasteiger charge is -2.24. The number of methoxy groups -OCH3 is 2. The van der Waals surface area contributed by atoms with Crippen LogP contribution in [0.25, 0.3) is 0 Å². The molecule has 1 aromatic heterocycles. The number of anilines is 1. The third kappa shape index (κ3) is 5.33. The van der Waals surface area contributed by atoms with Gasteiger partial charge in [0.2, 0.25) is 0 Å². The van der Waals surface area contributed by atoms with Gasteiger partial charge in [-0.1, -0.05) is 30.3 Å². The van der Waals surface area contributed by atoms with Gasteiger partial charge in [0.15, 0.2) is 11.5 Å². The average molecular weight is 425 g/mol. The van der Waals surface area contributed by atoms with E-state index in [4.69, 9.17) is 9.47 Å². The Labute approximate surface area is 182 Å². The van der Waals surface area contributed by atoms with Crippen LogP contribution in [0, 0.1) is 13.8 Å². The molecule has 0 spiro atoms. The van der Waals surface area contributed by atoms with Crippen LogP contribution in [0.15, 0.2) is 53.9 Å². The molecule has 0 radical (unpaired) electrons. The highest BCUT2D eigenvalue weighted by Gasteiger charge is 2.17. The van der Waals surface area contributed by atoms with Crippen molar-refractivity contribution >= 4 is 23.1 Å². The molecule has 0 fully saturated rings. The molecule has 5 nitrogen and oxygen atoms in total. The predicted octanol–water partition coefficient (Wildman–Crippen LogP) is 5.66. The fourth-order valence-corrected chi connectivity index (χ4v) is 4.06. The summed E-state index contributed by atoms with van der Waals surface area (Å²) in [6, 6.07) is 15.9. The van der Waals surface area contributed by atoms with Crippen molar-refractivity contribution < 1.29 is 14.3 Å². The summed E-state index contributed by atoms with van der Waals surface area (Å²) in [5, 5.41) is 5.15. The summed E-state index contributed by atoms with van der Waals surface area (Å²) in [6.45, 7) is 5.18. The van der Waals surface area contributed by atoms with Crippen molar-refractivity contribution in [3.05, 3.63) is 75.5 Å². The van der Waals surface area contributed by atoms with Crippen molar-refractivity contribution in [2.24, 2.45) is 0 Å². The molecule has 3 aromatic rings. The van der Waals surface area contributed by atoms with Gasteiger partial charge in [-0.3, -0.25) is 0 Å². The van der Waals surface area contributed by atoms with Crippen molar-refractivity contribution in [2.45, 2.75) is 26.8 Å². The first kappa shape index (κ1) is 21.7. The first-order valence-corrected chi connectivity index (χ1v) is 10.7. The van der Waals surface area contributed by atoms with Crippen molar-refractivity contribution in [1.29, 1.82) is 0 Å². The van der Waals surface area contributed by atoms with Crippen molar-refractivity contribution in [3.8, 4) is 11.5 Å². The molecular formula is C24H28N2O3S. The summed E-state index contributed by atoms with van der Waals surface area (Å²) in [6.07, 6.45) is 0.714. The normalized spacial score (nSPS) is 10.5. The Morgan fingerprint density at radius 3 is 2.37 bits per heavy atom. The molecule has 1 heterocycles. The summed E-state index contributed by atoms with van der Waals surface area (Å²) >= 11 is 1.66. The van der Waals surface area contributed by atoms with Crippen LogP contribution < -0.4 is 14.8 Å². The number of para-hydroxylation sites is 1. The maximum absolute atomic E-state index is 13.2. The van der Waals surface area contributed by atoms with Gasteiger partial charge in [-0.2, -0.15) is 0 Å². The lowest BCUT2D eigenvalue weighted by molar-refractivity contribution is 0.210. The molecule has 6 heteroatoms. The predicted molar refractivity (Wildman–Crippen MR) is 123 cm³/mol. The molecule has 2 amide bonds. The number of benzene rings is 2. The number of hydrogen-bond acceptors (Lipinski definition) is 4. The van der Waals surface area contributed by atoms with Crippen molar-refractivity contribution in [2.75, 3.05) is 26.1 Å². The molecule has 1 N–H and O–H groups in total. The first-order valence-electron chi connectivity index (χ1n) is 9.87. The minimum atomic E-state index is -0.0960. The number of rotatable bonds is 8. The van der Waals surface area contributed by atoms with Crippen LogP contribution in [-0.4, -0.2) is 31.7 Å². The highest BCUT2D eigenvalue weighted by atomic mass is 32.1. The Balaban J connectivity index is 1.76. The van der Waals surface area contributed by atoms with Gasteiger partial charge in [0.05, 0.1) is 20.8 Å². The number of urea groups is 1. The van der Waals surface area contributed by atoms with Crippen molar-refractivity contribution in [3.63, 3.8) is 0 Å². The molecule has 2 aromatic carbocycles. The van der Waals surface area contributed by atoms with E-state index in [1.54, 1.807) is 25.6 Å². The maximum Gasteiger partial charge on any atom is 0.322 e. The van der Waals surface area contributed by atoms with Crippen LogP contribution in [0.1, 0.15) is 21.6 Å². The molecule has 0 aliphatic heterocycles. The van der Waals surface area contributed by atoms with Gasteiger partial charge in [0, 0.05) is 17.1 Å². The number of hydrogen-bond donors (Lipinski definition) is 1. The number of nitrogens with zero attached hydrogens (tertiary/aromatic N) is 1. The Morgan fingerprint density at radius 1 is 1.00 bits per heavy atom.